The number of aromatic nitrogens is 3. The van der Waals surface area contributed by atoms with Crippen molar-refractivity contribution in [2.45, 2.75) is 6.04 Å². The highest BCUT2D eigenvalue weighted by molar-refractivity contribution is 7.10. The summed E-state index contributed by atoms with van der Waals surface area (Å²) < 4.78 is 0. The number of carbonyl (C=O) groups excluding carboxylic acids is 1. The number of benzene rings is 1. The summed E-state index contributed by atoms with van der Waals surface area (Å²) in [6, 6.07) is 9.57. The van der Waals surface area contributed by atoms with Gasteiger partial charge in [0.05, 0.1) is 6.04 Å². The molecule has 1 unspecified atom stereocenters. The molecule has 1 aromatic carbocycles. The van der Waals surface area contributed by atoms with E-state index in [1.807, 2.05) is 25.5 Å². The van der Waals surface area contributed by atoms with Crippen LogP contribution in [-0.2, 0) is 0 Å². The maximum atomic E-state index is 12.3. The Balaban J connectivity index is 1.70. The molecular weight excluding hydrogens is 298 g/mol. The number of nitrogens with zero attached hydrogens (tertiary/aromatic N) is 3. The second kappa shape index (κ2) is 6.25. The predicted molar refractivity (Wildman–Crippen MR) is 87.0 cm³/mol. The van der Waals surface area contributed by atoms with Gasteiger partial charge < -0.3 is 10.2 Å². The fourth-order valence-corrected chi connectivity index (χ4v) is 3.21. The van der Waals surface area contributed by atoms with Crippen molar-refractivity contribution < 1.29 is 4.79 Å². The Morgan fingerprint density at radius 1 is 1.32 bits per heavy atom. The Morgan fingerprint density at radius 2 is 2.14 bits per heavy atom. The van der Waals surface area contributed by atoms with Crippen LogP contribution in [0.1, 0.15) is 21.3 Å². The first kappa shape index (κ1) is 14.7. The van der Waals surface area contributed by atoms with Crippen LogP contribution < -0.4 is 5.32 Å². The second-order valence-electron chi connectivity index (χ2n) is 5.23. The lowest BCUT2D eigenvalue weighted by Gasteiger charge is -2.23. The summed E-state index contributed by atoms with van der Waals surface area (Å²) in [6.07, 6.45) is 0. The highest BCUT2D eigenvalue weighted by Crippen LogP contribution is 2.22. The second-order valence-corrected chi connectivity index (χ2v) is 6.21. The Labute approximate surface area is 132 Å². The van der Waals surface area contributed by atoms with Crippen LogP contribution in [0.2, 0.25) is 0 Å². The first-order valence-corrected chi connectivity index (χ1v) is 7.81. The highest BCUT2D eigenvalue weighted by Gasteiger charge is 2.17. The minimum absolute atomic E-state index is 0.103. The number of hydrogen-bond acceptors (Lipinski definition) is 5. The number of thiophene rings is 1. The smallest absolute Gasteiger partial charge is 0.251 e. The molecule has 1 atom stereocenters. The number of fused-ring (bicyclic) bond motifs is 1. The Hall–Kier alpha value is -2.25. The lowest BCUT2D eigenvalue weighted by molar-refractivity contribution is 0.0942. The molecule has 22 heavy (non-hydrogen) atoms. The van der Waals surface area contributed by atoms with Gasteiger partial charge in [-0.1, -0.05) is 6.07 Å². The van der Waals surface area contributed by atoms with E-state index in [9.17, 15) is 4.79 Å². The third-order valence-corrected chi connectivity index (χ3v) is 4.50. The monoisotopic (exact) mass is 315 g/mol. The van der Waals surface area contributed by atoms with E-state index in [0.29, 0.717) is 17.6 Å². The minimum Gasteiger partial charge on any atom is -0.350 e. The first-order valence-electron chi connectivity index (χ1n) is 6.93. The van der Waals surface area contributed by atoms with E-state index in [2.05, 4.69) is 31.7 Å². The fourth-order valence-electron chi connectivity index (χ4n) is 2.29. The van der Waals surface area contributed by atoms with Gasteiger partial charge in [-0.15, -0.1) is 11.3 Å². The van der Waals surface area contributed by atoms with Crippen LogP contribution in [0.4, 0.5) is 0 Å². The average Bonchev–Trinajstić information content (AvgIpc) is 3.17. The van der Waals surface area contributed by atoms with Gasteiger partial charge in [-0.2, -0.15) is 15.4 Å². The van der Waals surface area contributed by atoms with Crippen LogP contribution in [-0.4, -0.2) is 46.9 Å². The quantitative estimate of drug-likeness (QED) is 0.756. The molecule has 2 N–H and O–H groups in total. The molecule has 0 aliphatic carbocycles. The maximum absolute atomic E-state index is 12.3. The zero-order valence-electron chi connectivity index (χ0n) is 12.4. The molecule has 0 saturated carbocycles. The van der Waals surface area contributed by atoms with Crippen LogP contribution in [0.5, 0.6) is 0 Å². The molecule has 0 fully saturated rings. The van der Waals surface area contributed by atoms with Crippen LogP contribution >= 0.6 is 11.3 Å². The summed E-state index contributed by atoms with van der Waals surface area (Å²) in [7, 11) is 4.02. The number of aromatic amines is 1. The van der Waals surface area contributed by atoms with Gasteiger partial charge in [0, 0.05) is 17.0 Å². The molecule has 1 amide bonds. The summed E-state index contributed by atoms with van der Waals surface area (Å²) in [6.45, 7) is 0.559. The Morgan fingerprint density at radius 3 is 2.86 bits per heavy atom. The molecular formula is C15H17N5OS. The summed E-state index contributed by atoms with van der Waals surface area (Å²) in [4.78, 5) is 15.7. The number of rotatable bonds is 5. The maximum Gasteiger partial charge on any atom is 0.251 e. The van der Waals surface area contributed by atoms with Gasteiger partial charge >= 0.3 is 0 Å². The molecule has 0 spiro atoms. The summed E-state index contributed by atoms with van der Waals surface area (Å²) in [5, 5.41) is 15.6. The van der Waals surface area contributed by atoms with Gasteiger partial charge in [-0.05, 0) is 43.7 Å². The normalized spacial score (nSPS) is 12.7. The first-order chi connectivity index (χ1) is 10.6. The van der Waals surface area contributed by atoms with E-state index in [4.69, 9.17) is 0 Å². The molecule has 0 bridgehead atoms. The van der Waals surface area contributed by atoms with Crippen molar-refractivity contribution >= 4 is 28.3 Å². The van der Waals surface area contributed by atoms with E-state index in [0.717, 1.165) is 5.52 Å². The fraction of sp³-hybridized carbons (Fsp3) is 0.267. The summed E-state index contributed by atoms with van der Waals surface area (Å²) in [5.74, 6) is -0.103. The zero-order valence-corrected chi connectivity index (χ0v) is 13.2. The van der Waals surface area contributed by atoms with Crippen molar-refractivity contribution in [2.24, 2.45) is 0 Å². The standard InChI is InChI=1S/C15H17N5OS/c1-20(2)13(14-4-3-7-22-14)9-16-15(21)10-5-6-11-12(8-10)18-19-17-11/h3-8,13H,9H2,1-2H3,(H,16,21)(H,17,18,19). The molecule has 2 heterocycles. The average molecular weight is 315 g/mol. The topological polar surface area (TPSA) is 73.9 Å². The van der Waals surface area contributed by atoms with Gasteiger partial charge in [0.2, 0.25) is 0 Å². The van der Waals surface area contributed by atoms with E-state index < -0.39 is 0 Å². The third-order valence-electron chi connectivity index (χ3n) is 3.53. The van der Waals surface area contributed by atoms with E-state index in [1.165, 1.54) is 4.88 Å². The van der Waals surface area contributed by atoms with Gasteiger partial charge in [-0.25, -0.2) is 0 Å². The van der Waals surface area contributed by atoms with Crippen molar-refractivity contribution in [2.75, 3.05) is 20.6 Å². The molecule has 2 aromatic heterocycles. The van der Waals surface area contributed by atoms with Crippen LogP contribution in [0.25, 0.3) is 11.0 Å². The van der Waals surface area contributed by atoms with Gasteiger partial charge in [0.15, 0.2) is 0 Å². The van der Waals surface area contributed by atoms with Crippen molar-refractivity contribution in [1.29, 1.82) is 0 Å². The molecule has 0 radical (unpaired) electrons. The SMILES string of the molecule is CN(C)C(CNC(=O)c1ccc2n[nH]nc2c1)c1cccs1. The molecule has 3 rings (SSSR count). The lowest BCUT2D eigenvalue weighted by atomic mass is 10.1. The lowest BCUT2D eigenvalue weighted by Crippen LogP contribution is -2.34. The van der Waals surface area contributed by atoms with Crippen LogP contribution in [0, 0.1) is 0 Å². The van der Waals surface area contributed by atoms with Crippen LogP contribution in [0.15, 0.2) is 35.7 Å². The van der Waals surface area contributed by atoms with Gasteiger partial charge in [-0.3, -0.25) is 4.79 Å². The van der Waals surface area contributed by atoms with Crippen molar-refractivity contribution in [3.8, 4) is 0 Å². The molecule has 0 saturated heterocycles. The molecule has 6 nitrogen and oxygen atoms in total. The molecule has 7 heteroatoms. The summed E-state index contributed by atoms with van der Waals surface area (Å²) in [5.41, 5.74) is 2.03. The number of likely N-dealkylation sites (N-methyl/N-ethyl adjacent to an activating group) is 1. The predicted octanol–water partition coefficient (Wildman–Crippen LogP) is 2.05. The van der Waals surface area contributed by atoms with E-state index in [-0.39, 0.29) is 11.9 Å². The van der Waals surface area contributed by atoms with Gasteiger partial charge in [0.1, 0.15) is 11.0 Å². The number of nitrogens with one attached hydrogen (secondary N) is 2. The number of amides is 1. The van der Waals surface area contributed by atoms with Gasteiger partial charge in [0.25, 0.3) is 5.91 Å². The number of hydrogen-bond donors (Lipinski definition) is 2. The van der Waals surface area contributed by atoms with Crippen LogP contribution in [0.3, 0.4) is 0 Å². The van der Waals surface area contributed by atoms with Crippen molar-refractivity contribution in [3.63, 3.8) is 0 Å². The Kier molecular flexibility index (Phi) is 4.17. The summed E-state index contributed by atoms with van der Waals surface area (Å²) >= 11 is 1.69. The molecule has 114 valence electrons. The van der Waals surface area contributed by atoms with Crippen molar-refractivity contribution in [3.05, 3.63) is 46.2 Å². The number of H-pyrrole nitrogens is 1. The third kappa shape index (κ3) is 3.00. The van der Waals surface area contributed by atoms with Crippen molar-refractivity contribution in [1.82, 2.24) is 25.6 Å². The number of carbonyl (C=O) groups is 1. The zero-order chi connectivity index (χ0) is 15.5. The molecule has 3 aromatic rings. The van der Waals surface area contributed by atoms with E-state index >= 15 is 0 Å². The minimum atomic E-state index is -0.103. The Bertz CT molecular complexity index is 765. The molecule has 0 aliphatic heterocycles. The van der Waals surface area contributed by atoms with E-state index in [1.54, 1.807) is 29.5 Å². The largest absolute Gasteiger partial charge is 0.350 e. The molecule has 0 aliphatic rings. The highest BCUT2D eigenvalue weighted by atomic mass is 32.1.